The lowest BCUT2D eigenvalue weighted by atomic mass is 10.3. The normalized spacial score (nSPS) is 9.20. The Kier molecular flexibility index (Phi) is 4.60. The maximum atomic E-state index is 8.37. The van der Waals surface area contributed by atoms with Crippen LogP contribution in [-0.4, -0.2) is 19.6 Å². The number of alkyl halides is 1. The zero-order valence-electron chi connectivity index (χ0n) is 8.18. The van der Waals surface area contributed by atoms with Crippen molar-refractivity contribution in [1.29, 1.82) is 0 Å². The summed E-state index contributed by atoms with van der Waals surface area (Å²) >= 11 is 5.51. The quantitative estimate of drug-likeness (QED) is 0.335. The van der Waals surface area contributed by atoms with Crippen LogP contribution in [0.2, 0.25) is 0 Å². The van der Waals surface area contributed by atoms with Gasteiger partial charge in [0, 0.05) is 4.91 Å². The number of halogens is 1. The molecule has 0 fully saturated rings. The summed E-state index contributed by atoms with van der Waals surface area (Å²) in [6, 6.07) is 5.09. The summed E-state index contributed by atoms with van der Waals surface area (Å²) in [7, 11) is 1.52. The van der Waals surface area contributed by atoms with Crippen LogP contribution >= 0.6 is 11.6 Å². The van der Waals surface area contributed by atoms with Gasteiger partial charge in [0.25, 0.3) is 0 Å². The highest BCUT2D eigenvalue weighted by Gasteiger charge is 2.08. The number of azide groups is 1. The molecule has 0 saturated carbocycles. The predicted octanol–water partition coefficient (Wildman–Crippen LogP) is 3.25. The molecule has 0 radical (unpaired) electrons. The first-order valence-corrected chi connectivity index (χ1v) is 4.77. The second-order valence-corrected chi connectivity index (χ2v) is 2.91. The van der Waals surface area contributed by atoms with Crippen molar-refractivity contribution in [1.82, 2.24) is 0 Å². The number of benzene rings is 1. The van der Waals surface area contributed by atoms with Crippen molar-refractivity contribution < 1.29 is 9.47 Å². The van der Waals surface area contributed by atoms with E-state index in [1.165, 1.54) is 7.11 Å². The molecule has 0 N–H and O–H groups in total. The summed E-state index contributed by atoms with van der Waals surface area (Å²) < 4.78 is 10.4. The lowest BCUT2D eigenvalue weighted by Gasteiger charge is -2.11. The molecular weight excluding hydrogens is 218 g/mol. The van der Waals surface area contributed by atoms with Gasteiger partial charge in [-0.1, -0.05) is 11.2 Å². The van der Waals surface area contributed by atoms with E-state index in [1.807, 2.05) is 0 Å². The van der Waals surface area contributed by atoms with Gasteiger partial charge in [0.15, 0.2) is 11.5 Å². The summed E-state index contributed by atoms with van der Waals surface area (Å²) in [6.45, 7) is 0.329. The summed E-state index contributed by atoms with van der Waals surface area (Å²) in [6.07, 6.45) is 0. The number of methoxy groups -OCH3 is 1. The van der Waals surface area contributed by atoms with Crippen molar-refractivity contribution in [2.75, 3.05) is 19.6 Å². The standard InChI is InChI=1S/C9H10ClN3O2/c1-14-8-4-2-3-7(12-13-11)9(8)15-6-5-10/h2-4H,5-6H2,1H3. The first kappa shape index (κ1) is 11.5. The molecule has 6 heteroatoms. The Bertz CT molecular complexity index is 378. The first-order valence-electron chi connectivity index (χ1n) is 4.24. The Hall–Kier alpha value is -1.58. The van der Waals surface area contributed by atoms with Gasteiger partial charge in [0.1, 0.15) is 6.61 Å². The third kappa shape index (κ3) is 2.94. The second kappa shape index (κ2) is 6.01. The van der Waals surface area contributed by atoms with Crippen LogP contribution in [0.25, 0.3) is 10.4 Å². The molecule has 1 rings (SSSR count). The van der Waals surface area contributed by atoms with Crippen LogP contribution in [0.4, 0.5) is 5.69 Å². The molecule has 1 aromatic carbocycles. The number of hydrogen-bond donors (Lipinski definition) is 0. The minimum absolute atomic E-state index is 0.329. The summed E-state index contributed by atoms with van der Waals surface area (Å²) in [4.78, 5) is 2.71. The molecule has 0 amide bonds. The Labute approximate surface area is 92.2 Å². The van der Waals surface area contributed by atoms with Gasteiger partial charge in [-0.2, -0.15) is 0 Å². The number of hydrogen-bond acceptors (Lipinski definition) is 3. The smallest absolute Gasteiger partial charge is 0.170 e. The van der Waals surface area contributed by atoms with E-state index >= 15 is 0 Å². The molecule has 0 unspecified atom stereocenters. The van der Waals surface area contributed by atoms with Crippen LogP contribution in [0.1, 0.15) is 0 Å². The molecule has 0 aliphatic carbocycles. The Morgan fingerprint density at radius 2 is 2.33 bits per heavy atom. The number of rotatable bonds is 5. The maximum Gasteiger partial charge on any atom is 0.170 e. The average Bonchev–Trinajstić information content (AvgIpc) is 2.27. The van der Waals surface area contributed by atoms with E-state index in [-0.39, 0.29) is 0 Å². The average molecular weight is 228 g/mol. The van der Waals surface area contributed by atoms with Crippen molar-refractivity contribution >= 4 is 17.3 Å². The van der Waals surface area contributed by atoms with E-state index in [1.54, 1.807) is 18.2 Å². The molecule has 0 aromatic heterocycles. The molecule has 0 atom stereocenters. The monoisotopic (exact) mass is 227 g/mol. The van der Waals surface area contributed by atoms with Gasteiger partial charge in [-0.25, -0.2) is 0 Å². The Balaban J connectivity index is 3.08. The molecule has 0 heterocycles. The highest BCUT2D eigenvalue weighted by Crippen LogP contribution is 2.37. The molecule has 5 nitrogen and oxygen atoms in total. The van der Waals surface area contributed by atoms with Crippen molar-refractivity contribution in [3.8, 4) is 11.5 Å². The minimum Gasteiger partial charge on any atom is -0.493 e. The molecule has 80 valence electrons. The first-order chi connectivity index (χ1) is 7.33. The minimum atomic E-state index is 0.329. The number of nitrogens with zero attached hydrogens (tertiary/aromatic N) is 3. The fraction of sp³-hybridized carbons (Fsp3) is 0.333. The van der Waals surface area contributed by atoms with Crippen molar-refractivity contribution in [2.45, 2.75) is 0 Å². The molecule has 15 heavy (non-hydrogen) atoms. The number of para-hydroxylation sites is 1. The molecular formula is C9H10ClN3O2. The van der Waals surface area contributed by atoms with E-state index in [9.17, 15) is 0 Å². The predicted molar refractivity (Wildman–Crippen MR) is 58.0 cm³/mol. The van der Waals surface area contributed by atoms with Gasteiger partial charge in [0.2, 0.25) is 0 Å². The van der Waals surface area contributed by atoms with Gasteiger partial charge in [0.05, 0.1) is 18.7 Å². The van der Waals surface area contributed by atoms with E-state index in [0.717, 1.165) is 0 Å². The van der Waals surface area contributed by atoms with Gasteiger partial charge in [-0.05, 0) is 17.7 Å². The molecule has 0 saturated heterocycles. The largest absolute Gasteiger partial charge is 0.493 e. The zero-order chi connectivity index (χ0) is 11.1. The fourth-order valence-corrected chi connectivity index (χ4v) is 1.15. The second-order valence-electron chi connectivity index (χ2n) is 2.54. The maximum absolute atomic E-state index is 8.37. The molecule has 0 aliphatic heterocycles. The summed E-state index contributed by atoms with van der Waals surface area (Å²) in [5.74, 6) is 1.29. The lowest BCUT2D eigenvalue weighted by Crippen LogP contribution is -2.00. The van der Waals surface area contributed by atoms with E-state index in [0.29, 0.717) is 29.7 Å². The van der Waals surface area contributed by atoms with Gasteiger partial charge in [-0.3, -0.25) is 0 Å². The molecule has 0 bridgehead atoms. The highest BCUT2D eigenvalue weighted by molar-refractivity contribution is 6.18. The van der Waals surface area contributed by atoms with Crippen molar-refractivity contribution in [3.63, 3.8) is 0 Å². The van der Waals surface area contributed by atoms with E-state index in [2.05, 4.69) is 10.0 Å². The topological polar surface area (TPSA) is 67.2 Å². The van der Waals surface area contributed by atoms with E-state index in [4.69, 9.17) is 26.6 Å². The van der Waals surface area contributed by atoms with Crippen LogP contribution < -0.4 is 9.47 Å². The van der Waals surface area contributed by atoms with Gasteiger partial charge in [-0.15, -0.1) is 11.6 Å². The molecule has 0 aliphatic rings. The van der Waals surface area contributed by atoms with Crippen molar-refractivity contribution in [2.24, 2.45) is 5.11 Å². The third-order valence-electron chi connectivity index (χ3n) is 1.65. The summed E-state index contributed by atoms with van der Waals surface area (Å²) in [5, 5.41) is 3.50. The van der Waals surface area contributed by atoms with Crippen LogP contribution in [0.3, 0.4) is 0 Å². The molecule has 0 spiro atoms. The van der Waals surface area contributed by atoms with Crippen LogP contribution in [0.15, 0.2) is 23.3 Å². The van der Waals surface area contributed by atoms with E-state index < -0.39 is 0 Å². The zero-order valence-corrected chi connectivity index (χ0v) is 8.94. The SMILES string of the molecule is COc1cccc(N=[N+]=[N-])c1OCCCl. The van der Waals surface area contributed by atoms with Crippen molar-refractivity contribution in [3.05, 3.63) is 28.6 Å². The van der Waals surface area contributed by atoms with Gasteiger partial charge < -0.3 is 9.47 Å². The van der Waals surface area contributed by atoms with Crippen LogP contribution in [0.5, 0.6) is 11.5 Å². The Morgan fingerprint density at radius 1 is 1.53 bits per heavy atom. The highest BCUT2D eigenvalue weighted by atomic mass is 35.5. The lowest BCUT2D eigenvalue weighted by molar-refractivity contribution is 0.314. The molecule has 1 aromatic rings. The number of ether oxygens (including phenoxy) is 2. The Morgan fingerprint density at radius 3 is 2.93 bits per heavy atom. The fourth-order valence-electron chi connectivity index (χ4n) is 1.08. The van der Waals surface area contributed by atoms with Crippen LogP contribution in [-0.2, 0) is 0 Å². The summed E-state index contributed by atoms with van der Waals surface area (Å²) in [5.41, 5.74) is 8.76. The van der Waals surface area contributed by atoms with Crippen LogP contribution in [0, 0.1) is 0 Å². The van der Waals surface area contributed by atoms with Gasteiger partial charge >= 0.3 is 0 Å². The third-order valence-corrected chi connectivity index (χ3v) is 1.81.